The van der Waals surface area contributed by atoms with Crippen molar-refractivity contribution < 1.29 is 4.84 Å². The largest absolute Gasteiger partial charge is 0.326 e. The fourth-order valence-electron chi connectivity index (χ4n) is 2.63. The first-order valence-corrected chi connectivity index (χ1v) is 7.04. The Labute approximate surface area is 119 Å². The number of nitrogens with zero attached hydrogens (tertiary/aromatic N) is 1. The second kappa shape index (κ2) is 5.65. The van der Waals surface area contributed by atoms with Crippen molar-refractivity contribution in [3.8, 4) is 0 Å². The van der Waals surface area contributed by atoms with Crippen molar-refractivity contribution in [1.29, 1.82) is 0 Å². The van der Waals surface area contributed by atoms with Gasteiger partial charge in [-0.3, -0.25) is 9.90 Å². The van der Waals surface area contributed by atoms with Gasteiger partial charge in [-0.05, 0) is 17.2 Å². The van der Waals surface area contributed by atoms with E-state index in [9.17, 15) is 0 Å². The SMILES string of the molecule is C[C@H]1c2ccccc2N(OCc2ccccc2)C[C@H]1N. The molecule has 2 aromatic rings. The molecule has 0 amide bonds. The summed E-state index contributed by atoms with van der Waals surface area (Å²) < 4.78 is 0. The molecular formula is C17H20N2O. The van der Waals surface area contributed by atoms with Crippen molar-refractivity contribution in [3.05, 3.63) is 65.7 Å². The molecule has 0 saturated heterocycles. The first kappa shape index (κ1) is 13.2. The van der Waals surface area contributed by atoms with Gasteiger partial charge in [0.2, 0.25) is 0 Å². The van der Waals surface area contributed by atoms with E-state index in [1.54, 1.807) is 0 Å². The maximum atomic E-state index is 6.23. The molecule has 0 aromatic heterocycles. The maximum Gasteiger partial charge on any atom is 0.0999 e. The predicted molar refractivity (Wildman–Crippen MR) is 81.4 cm³/mol. The quantitative estimate of drug-likeness (QED) is 0.929. The Morgan fingerprint density at radius 3 is 2.60 bits per heavy atom. The normalized spacial score (nSPS) is 21.6. The maximum absolute atomic E-state index is 6.23. The molecule has 20 heavy (non-hydrogen) atoms. The Balaban J connectivity index is 1.78. The van der Waals surface area contributed by atoms with E-state index in [-0.39, 0.29) is 6.04 Å². The highest BCUT2D eigenvalue weighted by molar-refractivity contribution is 5.56. The number of benzene rings is 2. The molecule has 2 aromatic carbocycles. The average molecular weight is 268 g/mol. The lowest BCUT2D eigenvalue weighted by Crippen LogP contribution is -2.45. The first-order valence-electron chi connectivity index (χ1n) is 7.04. The van der Waals surface area contributed by atoms with Crippen LogP contribution in [-0.4, -0.2) is 12.6 Å². The molecule has 3 rings (SSSR count). The van der Waals surface area contributed by atoms with Crippen LogP contribution in [0.5, 0.6) is 0 Å². The van der Waals surface area contributed by atoms with Crippen molar-refractivity contribution in [2.24, 2.45) is 5.73 Å². The highest BCUT2D eigenvalue weighted by Gasteiger charge is 2.28. The van der Waals surface area contributed by atoms with Crippen molar-refractivity contribution >= 4 is 5.69 Å². The molecule has 0 radical (unpaired) electrons. The Hall–Kier alpha value is -1.84. The molecule has 3 heteroatoms. The van der Waals surface area contributed by atoms with Crippen LogP contribution in [-0.2, 0) is 11.4 Å². The van der Waals surface area contributed by atoms with Gasteiger partial charge in [0.1, 0.15) is 0 Å². The molecular weight excluding hydrogens is 248 g/mol. The average Bonchev–Trinajstić information content (AvgIpc) is 2.50. The molecule has 3 nitrogen and oxygen atoms in total. The van der Waals surface area contributed by atoms with Gasteiger partial charge < -0.3 is 5.73 Å². The van der Waals surface area contributed by atoms with Crippen LogP contribution < -0.4 is 10.8 Å². The van der Waals surface area contributed by atoms with Gasteiger partial charge in [0.15, 0.2) is 0 Å². The molecule has 0 bridgehead atoms. The summed E-state index contributed by atoms with van der Waals surface area (Å²) in [5, 5.41) is 1.94. The summed E-state index contributed by atoms with van der Waals surface area (Å²) in [5.41, 5.74) is 9.79. The number of rotatable bonds is 3. The van der Waals surface area contributed by atoms with Crippen LogP contribution in [0.4, 0.5) is 5.69 Å². The van der Waals surface area contributed by atoms with Crippen LogP contribution in [0.1, 0.15) is 24.0 Å². The van der Waals surface area contributed by atoms with Gasteiger partial charge in [-0.25, -0.2) is 0 Å². The number of nitrogens with two attached hydrogens (primary N) is 1. The van der Waals surface area contributed by atoms with Crippen LogP contribution in [0.15, 0.2) is 54.6 Å². The molecule has 0 fully saturated rings. The molecule has 1 aliphatic heterocycles. The summed E-state index contributed by atoms with van der Waals surface area (Å²) in [6, 6.07) is 18.6. The molecule has 2 N–H and O–H groups in total. The fraction of sp³-hybridized carbons (Fsp3) is 0.294. The topological polar surface area (TPSA) is 38.5 Å². The lowest BCUT2D eigenvalue weighted by Gasteiger charge is -2.37. The van der Waals surface area contributed by atoms with Gasteiger partial charge in [0, 0.05) is 12.0 Å². The Bertz CT molecular complexity index is 570. The van der Waals surface area contributed by atoms with Gasteiger partial charge >= 0.3 is 0 Å². The number of anilines is 1. The fourth-order valence-corrected chi connectivity index (χ4v) is 2.63. The van der Waals surface area contributed by atoms with Crippen molar-refractivity contribution in [2.45, 2.75) is 25.5 Å². The zero-order chi connectivity index (χ0) is 13.9. The van der Waals surface area contributed by atoms with Crippen LogP contribution in [0.3, 0.4) is 0 Å². The van der Waals surface area contributed by atoms with E-state index in [1.807, 2.05) is 29.3 Å². The molecule has 2 atom stereocenters. The molecule has 0 saturated carbocycles. The Morgan fingerprint density at radius 1 is 1.10 bits per heavy atom. The van der Waals surface area contributed by atoms with Gasteiger partial charge in [-0.2, -0.15) is 0 Å². The minimum absolute atomic E-state index is 0.0978. The lowest BCUT2D eigenvalue weighted by molar-refractivity contribution is 0.0856. The number of hydrogen-bond donors (Lipinski definition) is 1. The molecule has 1 heterocycles. The second-order valence-electron chi connectivity index (χ2n) is 5.33. The number of hydroxylamine groups is 1. The van der Waals surface area contributed by atoms with E-state index >= 15 is 0 Å². The van der Waals surface area contributed by atoms with Crippen molar-refractivity contribution in [2.75, 3.05) is 11.6 Å². The lowest BCUT2D eigenvalue weighted by atomic mass is 9.89. The molecule has 0 spiro atoms. The number of fused-ring (bicyclic) bond motifs is 1. The zero-order valence-electron chi connectivity index (χ0n) is 11.7. The third-order valence-electron chi connectivity index (χ3n) is 3.94. The third kappa shape index (κ3) is 2.55. The first-order chi connectivity index (χ1) is 9.75. The van der Waals surface area contributed by atoms with E-state index in [4.69, 9.17) is 10.6 Å². The highest BCUT2D eigenvalue weighted by Crippen LogP contribution is 2.34. The summed E-state index contributed by atoms with van der Waals surface area (Å²) >= 11 is 0. The monoisotopic (exact) mass is 268 g/mol. The Kier molecular flexibility index (Phi) is 3.72. The second-order valence-corrected chi connectivity index (χ2v) is 5.33. The van der Waals surface area contributed by atoms with Gasteiger partial charge in [-0.15, -0.1) is 0 Å². The number of para-hydroxylation sites is 1. The van der Waals surface area contributed by atoms with Gasteiger partial charge in [-0.1, -0.05) is 55.5 Å². The van der Waals surface area contributed by atoms with Crippen LogP contribution in [0.25, 0.3) is 0 Å². The van der Waals surface area contributed by atoms with Crippen LogP contribution in [0.2, 0.25) is 0 Å². The molecule has 1 aliphatic rings. The molecule has 0 unspecified atom stereocenters. The summed E-state index contributed by atoms with van der Waals surface area (Å²) in [7, 11) is 0. The predicted octanol–water partition coefficient (Wildman–Crippen LogP) is 3.07. The molecule has 104 valence electrons. The van der Waals surface area contributed by atoms with E-state index in [0.717, 1.165) is 17.8 Å². The van der Waals surface area contributed by atoms with Crippen LogP contribution in [0, 0.1) is 0 Å². The van der Waals surface area contributed by atoms with E-state index < -0.39 is 0 Å². The number of hydrogen-bond acceptors (Lipinski definition) is 3. The van der Waals surface area contributed by atoms with Gasteiger partial charge in [0.25, 0.3) is 0 Å². The van der Waals surface area contributed by atoms with E-state index in [0.29, 0.717) is 12.5 Å². The van der Waals surface area contributed by atoms with E-state index in [1.165, 1.54) is 5.56 Å². The standard InChI is InChI=1S/C17H20N2O/c1-13-15-9-5-6-10-17(15)19(11-16(13)18)20-12-14-7-3-2-4-8-14/h2-10,13,16H,11-12,18H2,1H3/t13-,16+/m0/s1. The zero-order valence-corrected chi connectivity index (χ0v) is 11.7. The van der Waals surface area contributed by atoms with Crippen molar-refractivity contribution in [1.82, 2.24) is 0 Å². The summed E-state index contributed by atoms with van der Waals surface area (Å²) in [4.78, 5) is 5.97. The minimum Gasteiger partial charge on any atom is -0.326 e. The minimum atomic E-state index is 0.0978. The summed E-state index contributed by atoms with van der Waals surface area (Å²) in [6.45, 7) is 3.47. The van der Waals surface area contributed by atoms with Crippen LogP contribution >= 0.6 is 0 Å². The smallest absolute Gasteiger partial charge is 0.0999 e. The summed E-state index contributed by atoms with van der Waals surface area (Å²) in [5.74, 6) is 0.364. The third-order valence-corrected chi connectivity index (χ3v) is 3.94. The highest BCUT2D eigenvalue weighted by atomic mass is 16.7. The molecule has 0 aliphatic carbocycles. The Morgan fingerprint density at radius 2 is 1.80 bits per heavy atom. The van der Waals surface area contributed by atoms with Gasteiger partial charge in [0.05, 0.1) is 18.8 Å². The van der Waals surface area contributed by atoms with E-state index in [2.05, 4.69) is 37.3 Å². The summed E-state index contributed by atoms with van der Waals surface area (Å²) in [6.07, 6.45) is 0. The van der Waals surface area contributed by atoms with Crippen molar-refractivity contribution in [3.63, 3.8) is 0 Å².